The van der Waals surface area contributed by atoms with Crippen molar-refractivity contribution in [3.05, 3.63) is 144 Å². The molecule has 4 aromatic rings. The zero-order valence-corrected chi connectivity index (χ0v) is 20.1. The van der Waals surface area contributed by atoms with E-state index in [4.69, 9.17) is 4.99 Å². The van der Waals surface area contributed by atoms with Crippen LogP contribution in [-0.2, 0) is 12.8 Å². The van der Waals surface area contributed by atoms with Crippen molar-refractivity contribution in [1.29, 1.82) is 0 Å². The lowest BCUT2D eigenvalue weighted by atomic mass is 9.97. The van der Waals surface area contributed by atoms with Crippen molar-refractivity contribution in [3.63, 3.8) is 0 Å². The van der Waals surface area contributed by atoms with Gasteiger partial charge < -0.3 is 9.80 Å². The molecule has 0 fully saturated rings. The standard InChI is InChI=1S/C33H27N3/c1-2-14-27(15-3-1)35-22-10-13-25(21-20-24-11-4-8-18-30(24)35)33-34-29-17-7-6-16-28(29)32-23-26-12-5-9-19-31(26)36(32)33/h1-19,21,32H,20,22-23H2/b13-10-,25-21+. The van der Waals surface area contributed by atoms with Gasteiger partial charge in [-0.1, -0.05) is 91.0 Å². The normalized spacial score (nSPS) is 20.4. The first-order valence-corrected chi connectivity index (χ1v) is 12.7. The summed E-state index contributed by atoms with van der Waals surface area (Å²) in [7, 11) is 0. The molecule has 3 nitrogen and oxygen atoms in total. The van der Waals surface area contributed by atoms with Crippen LogP contribution in [0.3, 0.4) is 0 Å². The summed E-state index contributed by atoms with van der Waals surface area (Å²) < 4.78 is 0. The van der Waals surface area contributed by atoms with Gasteiger partial charge in [0, 0.05) is 34.7 Å². The largest absolute Gasteiger partial charge is 0.337 e. The molecule has 1 atom stereocenters. The molecule has 3 aliphatic heterocycles. The fourth-order valence-electron chi connectivity index (χ4n) is 5.78. The van der Waals surface area contributed by atoms with E-state index in [1.165, 1.54) is 39.3 Å². The Morgan fingerprint density at radius 3 is 2.31 bits per heavy atom. The molecule has 0 amide bonds. The summed E-state index contributed by atoms with van der Waals surface area (Å²) in [5.74, 6) is 1.05. The number of para-hydroxylation sites is 4. The Morgan fingerprint density at radius 1 is 0.694 bits per heavy atom. The van der Waals surface area contributed by atoms with Gasteiger partial charge in [-0.05, 0) is 54.3 Å². The van der Waals surface area contributed by atoms with Crippen LogP contribution in [0.5, 0.6) is 0 Å². The Kier molecular flexibility index (Phi) is 5.06. The van der Waals surface area contributed by atoms with Gasteiger partial charge in [0.1, 0.15) is 5.84 Å². The smallest absolute Gasteiger partial charge is 0.141 e. The van der Waals surface area contributed by atoms with E-state index in [0.717, 1.165) is 30.9 Å². The van der Waals surface area contributed by atoms with Crippen LogP contribution in [-0.4, -0.2) is 12.4 Å². The van der Waals surface area contributed by atoms with Gasteiger partial charge in [0.25, 0.3) is 0 Å². The second kappa shape index (κ2) is 8.69. The number of hydrogen-bond donors (Lipinski definition) is 0. The molecule has 0 N–H and O–H groups in total. The minimum atomic E-state index is 0.279. The Bertz CT molecular complexity index is 1530. The summed E-state index contributed by atoms with van der Waals surface area (Å²) >= 11 is 0. The molecule has 3 aliphatic rings. The molecule has 1 unspecified atom stereocenters. The van der Waals surface area contributed by atoms with Crippen LogP contribution in [0.4, 0.5) is 22.7 Å². The fraction of sp³-hybridized carbons (Fsp3) is 0.121. The molecular formula is C33H27N3. The van der Waals surface area contributed by atoms with Crippen molar-refractivity contribution in [1.82, 2.24) is 0 Å². The summed E-state index contributed by atoms with van der Waals surface area (Å²) in [6.45, 7) is 0.794. The Labute approximate surface area is 212 Å². The van der Waals surface area contributed by atoms with Crippen LogP contribution in [0.1, 0.15) is 22.7 Å². The molecular weight excluding hydrogens is 438 g/mol. The van der Waals surface area contributed by atoms with Gasteiger partial charge >= 0.3 is 0 Å². The van der Waals surface area contributed by atoms with Gasteiger partial charge in [-0.3, -0.25) is 0 Å². The molecule has 0 spiro atoms. The molecule has 0 aromatic heterocycles. The number of amidine groups is 1. The first kappa shape index (κ1) is 21.0. The van der Waals surface area contributed by atoms with E-state index in [1.54, 1.807) is 0 Å². The van der Waals surface area contributed by atoms with Crippen molar-refractivity contribution >= 4 is 28.6 Å². The molecule has 3 heterocycles. The highest BCUT2D eigenvalue weighted by atomic mass is 15.3. The highest BCUT2D eigenvalue weighted by molar-refractivity contribution is 6.15. The van der Waals surface area contributed by atoms with E-state index in [2.05, 4.69) is 131 Å². The number of nitrogens with zero attached hydrogens (tertiary/aromatic N) is 3. The number of anilines is 3. The third-order valence-electron chi connectivity index (χ3n) is 7.46. The summed E-state index contributed by atoms with van der Waals surface area (Å²) in [5, 5.41) is 0. The number of hydrogen-bond acceptors (Lipinski definition) is 3. The lowest BCUT2D eigenvalue weighted by molar-refractivity contribution is 0.747. The van der Waals surface area contributed by atoms with E-state index < -0.39 is 0 Å². The summed E-state index contributed by atoms with van der Waals surface area (Å²) in [4.78, 5) is 10.1. The van der Waals surface area contributed by atoms with E-state index in [0.29, 0.717) is 0 Å². The molecule has 3 heteroatoms. The minimum Gasteiger partial charge on any atom is -0.337 e. The summed E-state index contributed by atoms with van der Waals surface area (Å²) in [6.07, 6.45) is 8.76. The van der Waals surface area contributed by atoms with E-state index in [9.17, 15) is 0 Å². The Hall–Kier alpha value is -4.37. The third kappa shape index (κ3) is 3.47. The molecule has 174 valence electrons. The minimum absolute atomic E-state index is 0.279. The highest BCUT2D eigenvalue weighted by Gasteiger charge is 2.38. The van der Waals surface area contributed by atoms with Gasteiger partial charge in [-0.15, -0.1) is 0 Å². The van der Waals surface area contributed by atoms with Crippen molar-refractivity contribution in [3.8, 4) is 0 Å². The monoisotopic (exact) mass is 465 g/mol. The van der Waals surface area contributed by atoms with Crippen LogP contribution < -0.4 is 9.80 Å². The van der Waals surface area contributed by atoms with Crippen molar-refractivity contribution in [2.24, 2.45) is 4.99 Å². The quantitative estimate of drug-likeness (QED) is 0.302. The lowest BCUT2D eigenvalue weighted by Gasteiger charge is -2.34. The predicted octanol–water partition coefficient (Wildman–Crippen LogP) is 7.71. The SMILES string of the molecule is C1=C\C(C2=Nc3ccccc3C3Cc4ccccc4N23)=C/Cc2ccccc2N(c2ccccc2)C/1. The summed E-state index contributed by atoms with van der Waals surface area (Å²) in [6, 6.07) is 37.1. The molecule has 36 heavy (non-hydrogen) atoms. The Balaban J connectivity index is 1.35. The van der Waals surface area contributed by atoms with Gasteiger partial charge in [-0.25, -0.2) is 4.99 Å². The van der Waals surface area contributed by atoms with Gasteiger partial charge in [0.15, 0.2) is 0 Å². The molecule has 0 radical (unpaired) electrons. The molecule has 0 saturated carbocycles. The van der Waals surface area contributed by atoms with Crippen LogP contribution in [0.2, 0.25) is 0 Å². The van der Waals surface area contributed by atoms with Crippen molar-refractivity contribution in [2.75, 3.05) is 16.3 Å². The second-order valence-electron chi connectivity index (χ2n) is 9.55. The second-order valence-corrected chi connectivity index (χ2v) is 9.55. The van der Waals surface area contributed by atoms with Gasteiger partial charge in [0.05, 0.1) is 11.7 Å². The summed E-state index contributed by atoms with van der Waals surface area (Å²) in [5.41, 5.74) is 10.0. The fourth-order valence-corrected chi connectivity index (χ4v) is 5.78. The van der Waals surface area contributed by atoms with E-state index in [-0.39, 0.29) is 6.04 Å². The van der Waals surface area contributed by atoms with Crippen LogP contribution in [0.25, 0.3) is 0 Å². The molecule has 7 rings (SSSR count). The van der Waals surface area contributed by atoms with Crippen molar-refractivity contribution < 1.29 is 0 Å². The molecule has 0 bridgehead atoms. The molecule has 0 aliphatic carbocycles. The first-order valence-electron chi connectivity index (χ1n) is 12.7. The van der Waals surface area contributed by atoms with Crippen LogP contribution in [0.15, 0.2) is 132 Å². The highest BCUT2D eigenvalue weighted by Crippen LogP contribution is 2.47. The number of allylic oxidation sites excluding steroid dienone is 1. The number of aliphatic imine (C=N–C) groups is 1. The zero-order valence-electron chi connectivity index (χ0n) is 20.1. The van der Waals surface area contributed by atoms with Gasteiger partial charge in [0.2, 0.25) is 0 Å². The van der Waals surface area contributed by atoms with E-state index >= 15 is 0 Å². The molecule has 0 saturated heterocycles. The lowest BCUT2D eigenvalue weighted by Crippen LogP contribution is -2.35. The van der Waals surface area contributed by atoms with Crippen molar-refractivity contribution in [2.45, 2.75) is 18.9 Å². The molecule has 4 aromatic carbocycles. The maximum atomic E-state index is 5.26. The maximum absolute atomic E-state index is 5.26. The van der Waals surface area contributed by atoms with E-state index in [1.807, 2.05) is 0 Å². The number of fused-ring (bicyclic) bond motifs is 6. The zero-order chi connectivity index (χ0) is 23.9. The third-order valence-corrected chi connectivity index (χ3v) is 7.46. The first-order chi connectivity index (χ1) is 17.9. The van der Waals surface area contributed by atoms with Crippen LogP contribution >= 0.6 is 0 Å². The van der Waals surface area contributed by atoms with Crippen LogP contribution in [0, 0.1) is 0 Å². The maximum Gasteiger partial charge on any atom is 0.141 e. The van der Waals surface area contributed by atoms with Gasteiger partial charge in [-0.2, -0.15) is 0 Å². The Morgan fingerprint density at radius 2 is 1.42 bits per heavy atom. The number of benzene rings is 4. The predicted molar refractivity (Wildman–Crippen MR) is 150 cm³/mol. The topological polar surface area (TPSA) is 18.8 Å². The number of rotatable bonds is 2. The average molecular weight is 466 g/mol. The average Bonchev–Trinajstić information content (AvgIpc) is 3.36.